The molecule has 2 aromatic heterocycles. The van der Waals surface area contributed by atoms with Crippen molar-refractivity contribution >= 4 is 5.91 Å². The van der Waals surface area contributed by atoms with Crippen LogP contribution in [0.15, 0.2) is 34.9 Å². The van der Waals surface area contributed by atoms with Crippen molar-refractivity contribution in [2.75, 3.05) is 6.54 Å². The zero-order chi connectivity index (χ0) is 21.3. The van der Waals surface area contributed by atoms with Crippen molar-refractivity contribution in [1.82, 2.24) is 30.3 Å². The van der Waals surface area contributed by atoms with Crippen molar-refractivity contribution < 1.29 is 9.32 Å². The number of aryl methyl sites for hydroxylation is 1. The molecular weight excluding hydrogens is 380 g/mol. The molecule has 8 heteroatoms. The lowest BCUT2D eigenvalue weighted by atomic mass is 9.86. The average Bonchev–Trinajstić information content (AvgIpc) is 3.21. The largest absolute Gasteiger partial charge is 0.338 e. The minimum Gasteiger partial charge on any atom is -0.338 e. The number of amides is 1. The molecular formula is C22H28N6O2. The van der Waals surface area contributed by atoms with E-state index in [1.807, 2.05) is 51.1 Å². The van der Waals surface area contributed by atoms with E-state index in [1.165, 1.54) is 0 Å². The summed E-state index contributed by atoms with van der Waals surface area (Å²) < 4.78 is 7.54. The molecule has 0 spiro atoms. The van der Waals surface area contributed by atoms with Crippen LogP contribution in [0.1, 0.15) is 61.1 Å². The molecule has 0 fully saturated rings. The number of rotatable bonds is 4. The van der Waals surface area contributed by atoms with E-state index >= 15 is 0 Å². The van der Waals surface area contributed by atoms with Gasteiger partial charge < -0.3 is 19.7 Å². The smallest absolute Gasteiger partial charge is 0.272 e. The Kier molecular flexibility index (Phi) is 5.42. The Morgan fingerprint density at radius 3 is 2.67 bits per heavy atom. The molecule has 0 radical (unpaired) electrons. The number of fused-ring (bicyclic) bond motifs is 1. The van der Waals surface area contributed by atoms with Crippen LogP contribution in [0.2, 0.25) is 0 Å². The highest BCUT2D eigenvalue weighted by molar-refractivity contribution is 5.94. The maximum absolute atomic E-state index is 13.4. The SMILES string of the molecule is Cc1noc(C(NC(=O)c2nc(-c3ccccc3)n3c2CNCCC3)C(C)(C)C)n1. The second-order valence-electron chi connectivity index (χ2n) is 8.73. The van der Waals surface area contributed by atoms with Gasteiger partial charge in [-0.25, -0.2) is 4.98 Å². The molecule has 1 amide bonds. The number of carbonyl (C=O) groups is 1. The van der Waals surface area contributed by atoms with Gasteiger partial charge in [-0.15, -0.1) is 0 Å². The predicted octanol–water partition coefficient (Wildman–Crippen LogP) is 3.25. The number of hydrogen-bond donors (Lipinski definition) is 2. The first-order valence-electron chi connectivity index (χ1n) is 10.3. The fraction of sp³-hybridized carbons (Fsp3) is 0.455. The lowest BCUT2D eigenvalue weighted by Gasteiger charge is -2.28. The summed E-state index contributed by atoms with van der Waals surface area (Å²) in [6.45, 7) is 10.2. The van der Waals surface area contributed by atoms with Gasteiger partial charge in [0.1, 0.15) is 11.9 Å². The summed E-state index contributed by atoms with van der Waals surface area (Å²) in [5.41, 5.74) is 2.03. The van der Waals surface area contributed by atoms with Crippen LogP contribution in [0.5, 0.6) is 0 Å². The van der Waals surface area contributed by atoms with Gasteiger partial charge in [-0.05, 0) is 25.3 Å². The molecule has 3 heterocycles. The summed E-state index contributed by atoms with van der Waals surface area (Å²) in [5, 5.41) is 10.4. The van der Waals surface area contributed by atoms with E-state index in [9.17, 15) is 4.79 Å². The number of hydrogen-bond acceptors (Lipinski definition) is 6. The van der Waals surface area contributed by atoms with E-state index in [0.29, 0.717) is 24.0 Å². The fourth-order valence-corrected chi connectivity index (χ4v) is 3.74. The molecule has 0 aliphatic carbocycles. The molecule has 2 N–H and O–H groups in total. The molecule has 30 heavy (non-hydrogen) atoms. The molecule has 3 aromatic rings. The molecule has 4 rings (SSSR count). The number of aromatic nitrogens is 4. The number of carbonyl (C=O) groups excluding carboxylic acids is 1. The number of benzene rings is 1. The molecule has 0 bridgehead atoms. The van der Waals surface area contributed by atoms with Gasteiger partial charge in [0.2, 0.25) is 5.89 Å². The molecule has 1 aliphatic heterocycles. The quantitative estimate of drug-likeness (QED) is 0.688. The van der Waals surface area contributed by atoms with Crippen LogP contribution < -0.4 is 10.6 Å². The highest BCUT2D eigenvalue weighted by Crippen LogP contribution is 2.33. The third-order valence-corrected chi connectivity index (χ3v) is 5.28. The fourth-order valence-electron chi connectivity index (χ4n) is 3.74. The number of nitrogens with zero attached hydrogens (tertiary/aromatic N) is 4. The molecule has 1 aromatic carbocycles. The summed E-state index contributed by atoms with van der Waals surface area (Å²) in [7, 11) is 0. The minimum absolute atomic E-state index is 0.236. The lowest BCUT2D eigenvalue weighted by Crippen LogP contribution is -2.37. The standard InChI is InChI=1S/C22H28N6O2/c1-14-24-21(30-27-14)18(22(2,3)4)26-20(29)17-16-13-23-11-8-12-28(16)19(25-17)15-9-6-5-7-10-15/h5-7,9-10,18,23H,8,11-13H2,1-4H3,(H,26,29). The van der Waals surface area contributed by atoms with E-state index in [1.54, 1.807) is 6.92 Å². The van der Waals surface area contributed by atoms with Crippen molar-refractivity contribution in [1.29, 1.82) is 0 Å². The summed E-state index contributed by atoms with van der Waals surface area (Å²) in [6.07, 6.45) is 0.982. The summed E-state index contributed by atoms with van der Waals surface area (Å²) in [4.78, 5) is 22.5. The molecule has 1 unspecified atom stereocenters. The molecule has 158 valence electrons. The van der Waals surface area contributed by atoms with Crippen LogP contribution in [-0.4, -0.2) is 32.1 Å². The second-order valence-corrected chi connectivity index (χ2v) is 8.73. The molecule has 0 saturated carbocycles. The van der Waals surface area contributed by atoms with E-state index in [4.69, 9.17) is 9.51 Å². The Morgan fingerprint density at radius 2 is 2.00 bits per heavy atom. The van der Waals surface area contributed by atoms with Gasteiger partial charge >= 0.3 is 0 Å². The summed E-state index contributed by atoms with van der Waals surface area (Å²) in [5.74, 6) is 1.53. The van der Waals surface area contributed by atoms with Gasteiger partial charge in [-0.2, -0.15) is 4.98 Å². The number of imidazole rings is 1. The average molecular weight is 409 g/mol. The van der Waals surface area contributed by atoms with Gasteiger partial charge in [0.25, 0.3) is 5.91 Å². The predicted molar refractivity (Wildman–Crippen MR) is 113 cm³/mol. The monoisotopic (exact) mass is 408 g/mol. The van der Waals surface area contributed by atoms with Crippen molar-refractivity contribution in [2.45, 2.75) is 53.2 Å². The Labute approximate surface area is 176 Å². The van der Waals surface area contributed by atoms with E-state index in [2.05, 4.69) is 25.3 Å². The van der Waals surface area contributed by atoms with Crippen LogP contribution >= 0.6 is 0 Å². The first-order chi connectivity index (χ1) is 14.3. The van der Waals surface area contributed by atoms with Crippen LogP contribution in [0.3, 0.4) is 0 Å². The van der Waals surface area contributed by atoms with E-state index in [-0.39, 0.29) is 11.3 Å². The Morgan fingerprint density at radius 1 is 1.23 bits per heavy atom. The molecule has 1 atom stereocenters. The van der Waals surface area contributed by atoms with Crippen molar-refractivity contribution in [3.05, 3.63) is 53.4 Å². The van der Waals surface area contributed by atoms with Crippen molar-refractivity contribution in [3.8, 4) is 11.4 Å². The third-order valence-electron chi connectivity index (χ3n) is 5.28. The Balaban J connectivity index is 1.72. The Bertz CT molecular complexity index is 1030. The van der Waals surface area contributed by atoms with E-state index in [0.717, 1.165) is 36.6 Å². The van der Waals surface area contributed by atoms with Crippen molar-refractivity contribution in [2.24, 2.45) is 5.41 Å². The van der Waals surface area contributed by atoms with Gasteiger partial charge in [0.05, 0.1) is 5.69 Å². The van der Waals surface area contributed by atoms with E-state index < -0.39 is 6.04 Å². The Hall–Kier alpha value is -3.00. The zero-order valence-electron chi connectivity index (χ0n) is 17.9. The van der Waals surface area contributed by atoms with Crippen LogP contribution in [0.25, 0.3) is 11.4 Å². The van der Waals surface area contributed by atoms with Gasteiger partial charge in [-0.3, -0.25) is 4.79 Å². The lowest BCUT2D eigenvalue weighted by molar-refractivity contribution is 0.0875. The van der Waals surface area contributed by atoms with Crippen LogP contribution in [0, 0.1) is 12.3 Å². The highest BCUT2D eigenvalue weighted by Gasteiger charge is 2.34. The normalized spacial score (nSPS) is 15.3. The van der Waals surface area contributed by atoms with Gasteiger partial charge in [0, 0.05) is 18.7 Å². The molecule has 8 nitrogen and oxygen atoms in total. The maximum Gasteiger partial charge on any atom is 0.272 e. The number of nitrogens with one attached hydrogen (secondary N) is 2. The maximum atomic E-state index is 13.4. The minimum atomic E-state index is -0.428. The molecule has 1 aliphatic rings. The van der Waals surface area contributed by atoms with Crippen LogP contribution in [-0.2, 0) is 13.1 Å². The topological polar surface area (TPSA) is 97.9 Å². The molecule has 0 saturated heterocycles. The highest BCUT2D eigenvalue weighted by atomic mass is 16.5. The zero-order valence-corrected chi connectivity index (χ0v) is 17.9. The van der Waals surface area contributed by atoms with Gasteiger partial charge in [-0.1, -0.05) is 56.3 Å². The van der Waals surface area contributed by atoms with Crippen molar-refractivity contribution in [3.63, 3.8) is 0 Å². The first-order valence-corrected chi connectivity index (χ1v) is 10.3. The van der Waals surface area contributed by atoms with Gasteiger partial charge in [0.15, 0.2) is 11.5 Å². The second kappa shape index (κ2) is 8.02. The first kappa shape index (κ1) is 20.3. The third kappa shape index (κ3) is 4.00. The summed E-state index contributed by atoms with van der Waals surface area (Å²) in [6, 6.07) is 9.57. The summed E-state index contributed by atoms with van der Waals surface area (Å²) >= 11 is 0. The van der Waals surface area contributed by atoms with Crippen LogP contribution in [0.4, 0.5) is 0 Å².